The second kappa shape index (κ2) is 6.19. The summed E-state index contributed by atoms with van der Waals surface area (Å²) < 4.78 is 5.93. The lowest BCUT2D eigenvalue weighted by Gasteiger charge is -2.39. The van der Waals surface area contributed by atoms with E-state index in [1.807, 2.05) is 0 Å². The van der Waals surface area contributed by atoms with Crippen LogP contribution in [-0.4, -0.2) is 18.8 Å². The Morgan fingerprint density at radius 3 is 2.00 bits per heavy atom. The summed E-state index contributed by atoms with van der Waals surface area (Å²) in [5.74, 6) is 1.55. The van der Waals surface area contributed by atoms with Crippen LogP contribution in [0.2, 0.25) is 0 Å². The van der Waals surface area contributed by atoms with Gasteiger partial charge in [-0.3, -0.25) is 0 Å². The first-order valence-electron chi connectivity index (χ1n) is 7.20. The van der Waals surface area contributed by atoms with Crippen LogP contribution in [0.25, 0.3) is 0 Å². The maximum atomic E-state index is 5.93. The molecule has 0 bridgehead atoms. The van der Waals surface area contributed by atoms with Crippen molar-refractivity contribution in [1.82, 2.24) is 0 Å². The number of ether oxygens (including phenoxy) is 1. The summed E-state index contributed by atoms with van der Waals surface area (Å²) in [6.07, 6.45) is 5.82. The van der Waals surface area contributed by atoms with E-state index in [0.717, 1.165) is 5.92 Å². The fraction of sp³-hybridized carbons (Fsp3) is 1.00. The van der Waals surface area contributed by atoms with Gasteiger partial charge in [-0.2, -0.15) is 0 Å². The van der Waals surface area contributed by atoms with Gasteiger partial charge in [0.25, 0.3) is 0 Å². The molecule has 1 atom stereocenters. The van der Waals surface area contributed by atoms with Crippen molar-refractivity contribution < 1.29 is 4.74 Å². The first-order valence-corrected chi connectivity index (χ1v) is 7.20. The molecule has 102 valence electrons. The molecule has 2 N–H and O–H groups in total. The first kappa shape index (κ1) is 15.0. The SMILES string of the molecule is CC(C)OC(CN)C1CCC(C(C)(C)C)CC1. The van der Waals surface area contributed by atoms with Crippen molar-refractivity contribution >= 4 is 0 Å². The smallest absolute Gasteiger partial charge is 0.0728 e. The van der Waals surface area contributed by atoms with E-state index in [4.69, 9.17) is 10.5 Å². The van der Waals surface area contributed by atoms with Crippen LogP contribution >= 0.6 is 0 Å². The van der Waals surface area contributed by atoms with Crippen molar-refractivity contribution in [1.29, 1.82) is 0 Å². The lowest BCUT2D eigenvalue weighted by molar-refractivity contribution is -0.0378. The normalized spacial score (nSPS) is 28.4. The Kier molecular flexibility index (Phi) is 5.46. The van der Waals surface area contributed by atoms with Crippen molar-refractivity contribution in [3.05, 3.63) is 0 Å². The highest BCUT2D eigenvalue weighted by atomic mass is 16.5. The monoisotopic (exact) mass is 241 g/mol. The van der Waals surface area contributed by atoms with Crippen LogP contribution in [0, 0.1) is 17.3 Å². The largest absolute Gasteiger partial charge is 0.374 e. The summed E-state index contributed by atoms with van der Waals surface area (Å²) in [6, 6.07) is 0. The predicted octanol–water partition coefficient (Wildman–Crippen LogP) is 3.59. The van der Waals surface area contributed by atoms with Gasteiger partial charge in [0, 0.05) is 6.54 Å². The zero-order chi connectivity index (χ0) is 13.1. The van der Waals surface area contributed by atoms with Crippen LogP contribution in [0.5, 0.6) is 0 Å². The van der Waals surface area contributed by atoms with Crippen LogP contribution in [0.4, 0.5) is 0 Å². The molecule has 1 aliphatic rings. The van der Waals surface area contributed by atoms with Gasteiger partial charge < -0.3 is 10.5 Å². The standard InChI is InChI=1S/C15H31NO/c1-11(2)17-14(10-16)12-6-8-13(9-7-12)15(3,4)5/h11-14H,6-10,16H2,1-5H3. The molecule has 1 saturated carbocycles. The highest BCUT2D eigenvalue weighted by Gasteiger charge is 2.32. The molecule has 2 nitrogen and oxygen atoms in total. The van der Waals surface area contributed by atoms with Crippen molar-refractivity contribution in [2.75, 3.05) is 6.54 Å². The van der Waals surface area contributed by atoms with E-state index in [0.29, 0.717) is 24.0 Å². The summed E-state index contributed by atoms with van der Waals surface area (Å²) in [4.78, 5) is 0. The fourth-order valence-electron chi connectivity index (χ4n) is 3.07. The maximum absolute atomic E-state index is 5.93. The summed E-state index contributed by atoms with van der Waals surface area (Å²) in [5.41, 5.74) is 6.31. The molecule has 0 spiro atoms. The Balaban J connectivity index is 2.44. The molecule has 0 aliphatic heterocycles. The average molecular weight is 241 g/mol. The minimum atomic E-state index is 0.274. The predicted molar refractivity (Wildman–Crippen MR) is 74.0 cm³/mol. The van der Waals surface area contributed by atoms with Crippen LogP contribution in [-0.2, 0) is 4.74 Å². The summed E-state index contributed by atoms with van der Waals surface area (Å²) in [5, 5.41) is 0. The molecule has 2 heteroatoms. The van der Waals surface area contributed by atoms with Crippen LogP contribution in [0.1, 0.15) is 60.3 Å². The van der Waals surface area contributed by atoms with E-state index in [2.05, 4.69) is 34.6 Å². The highest BCUT2D eigenvalue weighted by Crippen LogP contribution is 2.41. The Morgan fingerprint density at radius 1 is 1.12 bits per heavy atom. The van der Waals surface area contributed by atoms with Gasteiger partial charge in [-0.1, -0.05) is 20.8 Å². The van der Waals surface area contributed by atoms with E-state index in [9.17, 15) is 0 Å². The van der Waals surface area contributed by atoms with Gasteiger partial charge in [0.05, 0.1) is 12.2 Å². The molecule has 0 heterocycles. The number of rotatable bonds is 4. The van der Waals surface area contributed by atoms with Gasteiger partial charge >= 0.3 is 0 Å². The van der Waals surface area contributed by atoms with Crippen LogP contribution in [0.15, 0.2) is 0 Å². The van der Waals surface area contributed by atoms with Crippen molar-refractivity contribution in [3.8, 4) is 0 Å². The summed E-state index contributed by atoms with van der Waals surface area (Å²) in [7, 11) is 0. The minimum Gasteiger partial charge on any atom is -0.374 e. The molecule has 17 heavy (non-hydrogen) atoms. The molecule has 1 aliphatic carbocycles. The summed E-state index contributed by atoms with van der Waals surface area (Å²) in [6.45, 7) is 12.0. The average Bonchev–Trinajstić information content (AvgIpc) is 2.24. The molecule has 0 aromatic carbocycles. The number of hydrogen-bond acceptors (Lipinski definition) is 2. The highest BCUT2D eigenvalue weighted by molar-refractivity contribution is 4.84. The van der Waals surface area contributed by atoms with Gasteiger partial charge in [0.1, 0.15) is 0 Å². The van der Waals surface area contributed by atoms with E-state index in [-0.39, 0.29) is 6.10 Å². The molecule has 0 radical (unpaired) electrons. The Hall–Kier alpha value is -0.0800. The Bertz CT molecular complexity index is 211. The van der Waals surface area contributed by atoms with E-state index in [1.165, 1.54) is 25.7 Å². The van der Waals surface area contributed by atoms with Crippen molar-refractivity contribution in [3.63, 3.8) is 0 Å². The van der Waals surface area contributed by atoms with E-state index < -0.39 is 0 Å². The first-order chi connectivity index (χ1) is 7.84. The van der Waals surface area contributed by atoms with Crippen molar-refractivity contribution in [2.45, 2.75) is 72.5 Å². The van der Waals surface area contributed by atoms with Crippen molar-refractivity contribution in [2.24, 2.45) is 23.0 Å². The zero-order valence-corrected chi connectivity index (χ0v) is 12.3. The maximum Gasteiger partial charge on any atom is 0.0728 e. The molecule has 0 aromatic rings. The molecule has 0 aromatic heterocycles. The lowest BCUT2D eigenvalue weighted by Crippen LogP contribution is -2.37. The third-order valence-corrected chi connectivity index (χ3v) is 4.20. The quantitative estimate of drug-likeness (QED) is 0.816. The number of hydrogen-bond donors (Lipinski definition) is 1. The van der Waals surface area contributed by atoms with Gasteiger partial charge in [0.2, 0.25) is 0 Å². The molecule has 0 amide bonds. The Morgan fingerprint density at radius 2 is 1.65 bits per heavy atom. The van der Waals surface area contributed by atoms with Crippen LogP contribution in [0.3, 0.4) is 0 Å². The molecule has 1 fully saturated rings. The van der Waals surface area contributed by atoms with Gasteiger partial charge in [-0.25, -0.2) is 0 Å². The van der Waals surface area contributed by atoms with Crippen LogP contribution < -0.4 is 5.73 Å². The zero-order valence-electron chi connectivity index (χ0n) is 12.3. The third kappa shape index (κ3) is 4.59. The summed E-state index contributed by atoms with van der Waals surface area (Å²) >= 11 is 0. The minimum absolute atomic E-state index is 0.274. The second-order valence-electron chi connectivity index (χ2n) is 6.94. The second-order valence-corrected chi connectivity index (χ2v) is 6.94. The van der Waals surface area contributed by atoms with Gasteiger partial charge in [-0.15, -0.1) is 0 Å². The third-order valence-electron chi connectivity index (χ3n) is 4.20. The van der Waals surface area contributed by atoms with E-state index >= 15 is 0 Å². The molecular formula is C15H31NO. The molecule has 1 rings (SSSR count). The molecule has 1 unspecified atom stereocenters. The fourth-order valence-corrected chi connectivity index (χ4v) is 3.07. The van der Waals surface area contributed by atoms with E-state index in [1.54, 1.807) is 0 Å². The number of nitrogens with two attached hydrogens (primary N) is 1. The topological polar surface area (TPSA) is 35.2 Å². The Labute approximate surface area is 107 Å². The molecular weight excluding hydrogens is 210 g/mol. The van der Waals surface area contributed by atoms with Gasteiger partial charge in [-0.05, 0) is 56.8 Å². The molecule has 0 saturated heterocycles. The lowest BCUT2D eigenvalue weighted by atomic mass is 9.69. The van der Waals surface area contributed by atoms with Gasteiger partial charge in [0.15, 0.2) is 0 Å².